The molecule has 1 heterocycles. The van der Waals surface area contributed by atoms with Gasteiger partial charge in [0.25, 0.3) is 5.91 Å². The predicted octanol–water partition coefficient (Wildman–Crippen LogP) is 3.41. The van der Waals surface area contributed by atoms with Gasteiger partial charge in [-0.15, -0.1) is 13.2 Å². The highest BCUT2D eigenvalue weighted by Gasteiger charge is 2.31. The number of aryl methyl sites for hydroxylation is 1. The highest BCUT2D eigenvalue weighted by molar-refractivity contribution is 7.89. The number of halogens is 3. The van der Waals surface area contributed by atoms with Crippen LogP contribution in [0.25, 0.3) is 0 Å². The number of carbonyl (C=O) groups excluding carboxylic acids is 1. The molecule has 1 amide bonds. The molecule has 0 bridgehead atoms. The number of amides is 1. The van der Waals surface area contributed by atoms with Gasteiger partial charge in [0, 0.05) is 18.7 Å². The summed E-state index contributed by atoms with van der Waals surface area (Å²) in [4.78, 5) is 12.9. The van der Waals surface area contributed by atoms with E-state index in [2.05, 4.69) is 10.1 Å². The lowest BCUT2D eigenvalue weighted by atomic mass is 10.1. The van der Waals surface area contributed by atoms with Gasteiger partial charge in [-0.05, 0) is 49.2 Å². The van der Waals surface area contributed by atoms with Gasteiger partial charge in [0.1, 0.15) is 5.75 Å². The maximum absolute atomic E-state index is 12.9. The number of morpholine rings is 1. The summed E-state index contributed by atoms with van der Waals surface area (Å²) in [6, 6.07) is 8.97. The number of hydrogen-bond donors (Lipinski definition) is 1. The van der Waals surface area contributed by atoms with Crippen molar-refractivity contribution in [3.05, 3.63) is 59.2 Å². The largest absolute Gasteiger partial charge is 0.573 e. The Bertz CT molecular complexity index is 1070. The smallest absolute Gasteiger partial charge is 0.406 e. The molecule has 0 aliphatic carbocycles. The summed E-state index contributed by atoms with van der Waals surface area (Å²) in [5.74, 6) is -0.860. The van der Waals surface area contributed by atoms with Gasteiger partial charge in [-0.3, -0.25) is 4.79 Å². The van der Waals surface area contributed by atoms with E-state index in [9.17, 15) is 26.4 Å². The fraction of sp³-hybridized carbons (Fsp3) is 0.381. The van der Waals surface area contributed by atoms with Gasteiger partial charge in [-0.1, -0.05) is 18.2 Å². The van der Waals surface area contributed by atoms with Crippen LogP contribution in [-0.4, -0.2) is 51.3 Å². The third-order valence-electron chi connectivity index (χ3n) is 5.02. The first-order valence-corrected chi connectivity index (χ1v) is 11.3. The van der Waals surface area contributed by atoms with Crippen molar-refractivity contribution in [2.24, 2.45) is 0 Å². The van der Waals surface area contributed by atoms with E-state index in [1.807, 2.05) is 0 Å². The first kappa shape index (κ1) is 24.0. The van der Waals surface area contributed by atoms with Gasteiger partial charge >= 0.3 is 6.36 Å². The van der Waals surface area contributed by atoms with Gasteiger partial charge in [-0.25, -0.2) is 8.42 Å². The summed E-state index contributed by atoms with van der Waals surface area (Å²) in [5, 5.41) is 2.75. The molecule has 2 aromatic carbocycles. The van der Waals surface area contributed by atoms with Crippen molar-refractivity contribution in [2.45, 2.75) is 31.1 Å². The summed E-state index contributed by atoms with van der Waals surface area (Å²) in [5.41, 5.74) is 1.34. The second-order valence-corrected chi connectivity index (χ2v) is 9.24. The molecule has 174 valence electrons. The van der Waals surface area contributed by atoms with Crippen LogP contribution in [0, 0.1) is 6.92 Å². The molecule has 1 aliphatic heterocycles. The maximum Gasteiger partial charge on any atom is 0.573 e. The van der Waals surface area contributed by atoms with Crippen LogP contribution >= 0.6 is 0 Å². The second-order valence-electron chi connectivity index (χ2n) is 7.31. The topological polar surface area (TPSA) is 84.9 Å². The van der Waals surface area contributed by atoms with Gasteiger partial charge < -0.3 is 14.8 Å². The number of nitrogens with zero attached hydrogens (tertiary/aromatic N) is 1. The number of benzene rings is 2. The number of alkyl halides is 3. The predicted molar refractivity (Wildman–Crippen MR) is 110 cm³/mol. The molecule has 1 unspecified atom stereocenters. The lowest BCUT2D eigenvalue weighted by Crippen LogP contribution is -2.40. The second kappa shape index (κ2) is 9.47. The number of carbonyl (C=O) groups is 1. The van der Waals surface area contributed by atoms with Crippen molar-refractivity contribution in [1.29, 1.82) is 0 Å². The third kappa shape index (κ3) is 5.78. The normalized spacial score (nSPS) is 16.4. The highest BCUT2D eigenvalue weighted by Crippen LogP contribution is 2.25. The Balaban J connectivity index is 1.75. The summed E-state index contributed by atoms with van der Waals surface area (Å²) >= 11 is 0. The lowest BCUT2D eigenvalue weighted by molar-refractivity contribution is -0.274. The monoisotopic (exact) mass is 472 g/mol. The van der Waals surface area contributed by atoms with Crippen LogP contribution in [0.5, 0.6) is 5.75 Å². The van der Waals surface area contributed by atoms with Crippen molar-refractivity contribution in [2.75, 3.05) is 26.3 Å². The van der Waals surface area contributed by atoms with Crippen LogP contribution in [0.3, 0.4) is 0 Å². The molecule has 11 heteroatoms. The Hall–Kier alpha value is -2.63. The molecule has 0 aromatic heterocycles. The number of hydrogen-bond acceptors (Lipinski definition) is 5. The molecule has 0 radical (unpaired) electrons. The summed E-state index contributed by atoms with van der Waals surface area (Å²) in [6.45, 7) is 4.45. The Labute approximate surface area is 184 Å². The Morgan fingerprint density at radius 1 is 1.12 bits per heavy atom. The van der Waals surface area contributed by atoms with Gasteiger partial charge in [-0.2, -0.15) is 4.31 Å². The highest BCUT2D eigenvalue weighted by atomic mass is 32.2. The van der Waals surface area contributed by atoms with Crippen molar-refractivity contribution >= 4 is 15.9 Å². The fourth-order valence-corrected chi connectivity index (χ4v) is 4.69. The average molecular weight is 472 g/mol. The standard InChI is InChI=1S/C21H23F3N2O5S/c1-14-3-8-18(32(28,29)26-9-11-30-12-10-26)13-19(14)20(27)25-15(2)16-4-6-17(7-5-16)31-21(22,23)24/h3-8,13,15H,9-12H2,1-2H3,(H,25,27). The van der Waals surface area contributed by atoms with Crippen LogP contribution in [0.1, 0.15) is 34.5 Å². The lowest BCUT2D eigenvalue weighted by Gasteiger charge is -2.26. The van der Waals surface area contributed by atoms with E-state index in [0.29, 0.717) is 24.3 Å². The van der Waals surface area contributed by atoms with Crippen LogP contribution in [-0.2, 0) is 14.8 Å². The van der Waals surface area contributed by atoms with E-state index in [1.165, 1.54) is 28.6 Å². The van der Waals surface area contributed by atoms with Crippen molar-refractivity contribution < 1.29 is 35.9 Å². The zero-order chi connectivity index (χ0) is 23.5. The molecule has 1 aliphatic rings. The number of ether oxygens (including phenoxy) is 2. The molecule has 1 atom stereocenters. The van der Waals surface area contributed by atoms with Gasteiger partial charge in [0.2, 0.25) is 10.0 Å². The van der Waals surface area contributed by atoms with Crippen LogP contribution < -0.4 is 10.1 Å². The minimum Gasteiger partial charge on any atom is -0.406 e. The first-order valence-electron chi connectivity index (χ1n) is 9.82. The maximum atomic E-state index is 12.9. The number of rotatable bonds is 6. The van der Waals surface area contributed by atoms with Gasteiger partial charge in [0.15, 0.2) is 0 Å². The summed E-state index contributed by atoms with van der Waals surface area (Å²) < 4.78 is 73.0. The van der Waals surface area contributed by atoms with Gasteiger partial charge in [0.05, 0.1) is 24.2 Å². The minimum absolute atomic E-state index is 0.0106. The summed E-state index contributed by atoms with van der Waals surface area (Å²) in [7, 11) is -3.77. The van der Waals surface area contributed by atoms with E-state index >= 15 is 0 Å². The number of sulfonamides is 1. The third-order valence-corrected chi connectivity index (χ3v) is 6.92. The van der Waals surface area contributed by atoms with E-state index < -0.39 is 28.3 Å². The van der Waals surface area contributed by atoms with E-state index in [-0.39, 0.29) is 29.3 Å². The average Bonchev–Trinajstić information content (AvgIpc) is 2.73. The molecule has 0 spiro atoms. The van der Waals surface area contributed by atoms with E-state index in [0.717, 1.165) is 12.1 Å². The van der Waals surface area contributed by atoms with Crippen molar-refractivity contribution in [3.8, 4) is 5.75 Å². The van der Waals surface area contributed by atoms with E-state index in [4.69, 9.17) is 4.74 Å². The van der Waals surface area contributed by atoms with Crippen LogP contribution in [0.15, 0.2) is 47.4 Å². The molecule has 0 saturated carbocycles. The van der Waals surface area contributed by atoms with Crippen LogP contribution in [0.4, 0.5) is 13.2 Å². The molecular formula is C21H23F3N2O5S. The molecule has 32 heavy (non-hydrogen) atoms. The van der Waals surface area contributed by atoms with E-state index in [1.54, 1.807) is 19.9 Å². The summed E-state index contributed by atoms with van der Waals surface area (Å²) in [6.07, 6.45) is -4.79. The first-order chi connectivity index (χ1) is 15.0. The zero-order valence-corrected chi connectivity index (χ0v) is 18.3. The zero-order valence-electron chi connectivity index (χ0n) is 17.5. The Morgan fingerprint density at radius 2 is 1.75 bits per heavy atom. The Kier molecular flexibility index (Phi) is 7.11. The van der Waals surface area contributed by atoms with Crippen molar-refractivity contribution in [3.63, 3.8) is 0 Å². The molecule has 1 saturated heterocycles. The Morgan fingerprint density at radius 3 is 2.34 bits per heavy atom. The molecular weight excluding hydrogens is 449 g/mol. The number of nitrogens with one attached hydrogen (secondary N) is 1. The molecule has 7 nitrogen and oxygen atoms in total. The molecule has 1 fully saturated rings. The molecule has 2 aromatic rings. The SMILES string of the molecule is Cc1ccc(S(=O)(=O)N2CCOCC2)cc1C(=O)NC(C)c1ccc(OC(F)(F)F)cc1. The quantitative estimate of drug-likeness (QED) is 0.697. The molecule has 3 rings (SSSR count). The minimum atomic E-state index is -4.79. The molecule has 1 N–H and O–H groups in total. The van der Waals surface area contributed by atoms with Crippen LogP contribution in [0.2, 0.25) is 0 Å². The fourth-order valence-electron chi connectivity index (χ4n) is 3.26. The van der Waals surface area contributed by atoms with Crippen molar-refractivity contribution in [1.82, 2.24) is 9.62 Å².